The number of carbonyl (C=O) groups is 2. The van der Waals surface area contributed by atoms with Crippen LogP contribution in [0, 0.1) is 18.3 Å². The van der Waals surface area contributed by atoms with Crippen LogP contribution in [-0.2, 0) is 9.59 Å². The van der Waals surface area contributed by atoms with Gasteiger partial charge in [0.25, 0.3) is 5.91 Å². The van der Waals surface area contributed by atoms with Gasteiger partial charge in [0.1, 0.15) is 0 Å². The van der Waals surface area contributed by atoms with E-state index in [1.165, 1.54) is 11.8 Å². The number of allylic oxidation sites excluding steroid dienone is 2. The van der Waals surface area contributed by atoms with Crippen LogP contribution in [0.3, 0.4) is 0 Å². The first-order chi connectivity index (χ1) is 18.7. The van der Waals surface area contributed by atoms with E-state index >= 15 is 0 Å². The maximum absolute atomic E-state index is 13.5. The second-order valence-electron chi connectivity index (χ2n) is 8.73. The first-order valence-electron chi connectivity index (χ1n) is 11.8. The molecule has 2 amide bonds. The normalized spacial score (nSPS) is 14.9. The molecule has 1 atom stereocenters. The zero-order valence-corrected chi connectivity index (χ0v) is 24.0. The Hall–Kier alpha value is -3.41. The number of aryl methyl sites for hydroxylation is 1. The molecule has 4 rings (SSSR count). The van der Waals surface area contributed by atoms with Crippen LogP contribution in [0.4, 0.5) is 11.4 Å². The van der Waals surface area contributed by atoms with Gasteiger partial charge in [0.05, 0.1) is 28.3 Å². The smallest absolute Gasteiger partial charge is 0.254 e. The lowest BCUT2D eigenvalue weighted by molar-refractivity contribution is -0.114. The second kappa shape index (κ2) is 12.6. The molecule has 0 unspecified atom stereocenters. The number of carbonyl (C=O) groups excluding carboxylic acids is 2. The van der Waals surface area contributed by atoms with Gasteiger partial charge < -0.3 is 16.0 Å². The average molecular weight is 598 g/mol. The number of anilines is 2. The summed E-state index contributed by atoms with van der Waals surface area (Å²) in [7, 11) is 0. The molecule has 1 aliphatic heterocycles. The van der Waals surface area contributed by atoms with Crippen LogP contribution in [0.5, 0.6) is 0 Å². The van der Waals surface area contributed by atoms with Crippen LogP contribution in [0.15, 0.2) is 88.6 Å². The van der Waals surface area contributed by atoms with E-state index in [9.17, 15) is 14.9 Å². The van der Waals surface area contributed by atoms with E-state index in [0.717, 1.165) is 5.56 Å². The van der Waals surface area contributed by atoms with Crippen molar-refractivity contribution in [2.45, 2.75) is 19.8 Å². The van der Waals surface area contributed by atoms with E-state index in [4.69, 9.17) is 34.8 Å². The predicted molar refractivity (Wildman–Crippen MR) is 160 cm³/mol. The highest BCUT2D eigenvalue weighted by Gasteiger charge is 2.36. The Balaban J connectivity index is 1.63. The van der Waals surface area contributed by atoms with Gasteiger partial charge in [0, 0.05) is 37.7 Å². The van der Waals surface area contributed by atoms with E-state index in [2.05, 4.69) is 22.0 Å². The summed E-state index contributed by atoms with van der Waals surface area (Å²) in [5.41, 5.74) is 3.81. The van der Waals surface area contributed by atoms with E-state index in [-0.39, 0.29) is 17.2 Å². The lowest BCUT2D eigenvalue weighted by Crippen LogP contribution is -2.31. The highest BCUT2D eigenvalue weighted by Crippen LogP contribution is 2.43. The maximum atomic E-state index is 13.5. The number of thioether (sulfide) groups is 1. The lowest BCUT2D eigenvalue weighted by Gasteiger charge is -2.30. The molecule has 10 heteroatoms. The molecule has 6 nitrogen and oxygen atoms in total. The third-order valence-corrected chi connectivity index (χ3v) is 8.03. The number of nitrogens with one attached hydrogen (secondary N) is 3. The fourth-order valence-electron chi connectivity index (χ4n) is 4.08. The third-order valence-electron chi connectivity index (χ3n) is 6.01. The fourth-order valence-corrected chi connectivity index (χ4v) is 5.53. The van der Waals surface area contributed by atoms with E-state index in [1.54, 1.807) is 67.6 Å². The standard InChI is InChI=1S/C29H23Cl3N4O2S/c1-16-7-10-20(13-24(16)32)35-25(37)15-39-29-22(14-33)27(21-5-3-4-6-23(21)31)26(17(2)34-29)28(38)36-19-11-8-18(30)9-12-19/h3-13,27,34H,15H2,1-2H3,(H,35,37)(H,36,38)/t27-/m0/s1. The largest absolute Gasteiger partial charge is 0.353 e. The lowest BCUT2D eigenvalue weighted by atomic mass is 9.82. The van der Waals surface area contributed by atoms with Crippen molar-refractivity contribution in [3.8, 4) is 6.07 Å². The Morgan fingerprint density at radius 1 is 0.949 bits per heavy atom. The van der Waals surface area contributed by atoms with Crippen molar-refractivity contribution in [2.75, 3.05) is 16.4 Å². The van der Waals surface area contributed by atoms with Gasteiger partial charge in [-0.1, -0.05) is 70.8 Å². The van der Waals surface area contributed by atoms with E-state index in [0.29, 0.717) is 48.3 Å². The molecule has 3 aromatic carbocycles. The molecule has 0 aromatic heterocycles. The van der Waals surface area contributed by atoms with Crippen LogP contribution in [0.25, 0.3) is 0 Å². The van der Waals surface area contributed by atoms with Crippen molar-refractivity contribution in [3.05, 3.63) is 115 Å². The van der Waals surface area contributed by atoms with Crippen LogP contribution >= 0.6 is 46.6 Å². The van der Waals surface area contributed by atoms with Crippen molar-refractivity contribution in [3.63, 3.8) is 0 Å². The third kappa shape index (κ3) is 6.78. The highest BCUT2D eigenvalue weighted by atomic mass is 35.5. The van der Waals surface area contributed by atoms with Gasteiger partial charge in [0.2, 0.25) is 5.91 Å². The Morgan fingerprint density at radius 2 is 1.64 bits per heavy atom. The van der Waals surface area contributed by atoms with Gasteiger partial charge in [-0.05, 0) is 67.4 Å². The Morgan fingerprint density at radius 3 is 2.31 bits per heavy atom. The van der Waals surface area contributed by atoms with Crippen molar-refractivity contribution < 1.29 is 9.59 Å². The zero-order valence-electron chi connectivity index (χ0n) is 20.9. The topological polar surface area (TPSA) is 94.0 Å². The van der Waals surface area contributed by atoms with Gasteiger partial charge in [-0.15, -0.1) is 0 Å². The summed E-state index contributed by atoms with van der Waals surface area (Å²) in [5, 5.41) is 21.1. The minimum absolute atomic E-state index is 0.0217. The molecule has 1 aliphatic rings. The van der Waals surface area contributed by atoms with Crippen LogP contribution < -0.4 is 16.0 Å². The average Bonchev–Trinajstić information content (AvgIpc) is 2.90. The van der Waals surface area contributed by atoms with Crippen molar-refractivity contribution in [1.29, 1.82) is 5.26 Å². The number of hydrogen-bond acceptors (Lipinski definition) is 5. The molecule has 198 valence electrons. The Kier molecular flexibility index (Phi) is 9.26. The van der Waals surface area contributed by atoms with E-state index in [1.807, 2.05) is 13.0 Å². The quantitative estimate of drug-likeness (QED) is 0.260. The molecular formula is C29H23Cl3N4O2S. The molecule has 0 aliphatic carbocycles. The molecule has 0 bridgehead atoms. The minimum atomic E-state index is -0.751. The molecule has 3 N–H and O–H groups in total. The first-order valence-corrected chi connectivity index (χ1v) is 13.9. The summed E-state index contributed by atoms with van der Waals surface area (Å²) in [6.45, 7) is 3.63. The number of dihydropyridines is 1. The van der Waals surface area contributed by atoms with Gasteiger partial charge in [-0.25, -0.2) is 0 Å². The van der Waals surface area contributed by atoms with Gasteiger partial charge in [-0.3, -0.25) is 9.59 Å². The Labute approximate surface area is 246 Å². The number of nitriles is 1. The molecular weight excluding hydrogens is 575 g/mol. The van der Waals surface area contributed by atoms with Crippen LogP contribution in [-0.4, -0.2) is 17.6 Å². The summed E-state index contributed by atoms with van der Waals surface area (Å²) in [4.78, 5) is 26.3. The van der Waals surface area contributed by atoms with Gasteiger partial charge in [0.15, 0.2) is 0 Å². The zero-order chi connectivity index (χ0) is 28.1. The summed E-state index contributed by atoms with van der Waals surface area (Å²) in [6, 6.07) is 21.3. The molecule has 0 fully saturated rings. The molecule has 0 radical (unpaired) electrons. The minimum Gasteiger partial charge on any atom is -0.353 e. The van der Waals surface area contributed by atoms with Crippen molar-refractivity contribution in [1.82, 2.24) is 5.32 Å². The molecule has 0 saturated carbocycles. The molecule has 3 aromatic rings. The SMILES string of the molecule is CC1=C(C(=O)Nc2ccc(Cl)cc2)[C@@H](c2ccccc2Cl)C(C#N)=C(SCC(=O)Nc2ccc(C)c(Cl)c2)N1. The monoisotopic (exact) mass is 596 g/mol. The number of amides is 2. The summed E-state index contributed by atoms with van der Waals surface area (Å²) < 4.78 is 0. The number of halogens is 3. The van der Waals surface area contributed by atoms with Gasteiger partial charge >= 0.3 is 0 Å². The highest BCUT2D eigenvalue weighted by molar-refractivity contribution is 8.03. The Bertz CT molecular complexity index is 1540. The van der Waals surface area contributed by atoms with Crippen molar-refractivity contribution >= 4 is 69.8 Å². The molecule has 0 saturated heterocycles. The first kappa shape index (κ1) is 28.6. The van der Waals surface area contributed by atoms with Gasteiger partial charge in [-0.2, -0.15) is 5.26 Å². The fraction of sp³-hybridized carbons (Fsp3) is 0.138. The number of hydrogen-bond donors (Lipinski definition) is 3. The molecule has 39 heavy (non-hydrogen) atoms. The second-order valence-corrected chi connectivity index (χ2v) is 11.0. The summed E-state index contributed by atoms with van der Waals surface area (Å²) in [6.07, 6.45) is 0. The van der Waals surface area contributed by atoms with E-state index < -0.39 is 11.8 Å². The molecule has 1 heterocycles. The van der Waals surface area contributed by atoms with Crippen LogP contribution in [0.1, 0.15) is 24.0 Å². The maximum Gasteiger partial charge on any atom is 0.254 e. The molecule has 0 spiro atoms. The van der Waals surface area contributed by atoms with Crippen molar-refractivity contribution in [2.24, 2.45) is 0 Å². The summed E-state index contributed by atoms with van der Waals surface area (Å²) in [5.74, 6) is -1.39. The summed E-state index contributed by atoms with van der Waals surface area (Å²) >= 11 is 19.9. The predicted octanol–water partition coefficient (Wildman–Crippen LogP) is 7.66. The van der Waals surface area contributed by atoms with Crippen LogP contribution in [0.2, 0.25) is 15.1 Å². The number of rotatable bonds is 7. The number of benzene rings is 3. The number of nitrogens with zero attached hydrogens (tertiary/aromatic N) is 1.